The fraction of sp³-hybridized carbons (Fsp3) is 0.400. The Bertz CT molecular complexity index is 974. The first kappa shape index (κ1) is 18.7. The second kappa shape index (κ2) is 7.39. The van der Waals surface area contributed by atoms with Gasteiger partial charge in [-0.05, 0) is 44.0 Å². The summed E-state index contributed by atoms with van der Waals surface area (Å²) < 4.78 is 1.57. The third kappa shape index (κ3) is 3.67. The maximum Gasteiger partial charge on any atom is 0.278 e. The van der Waals surface area contributed by atoms with Gasteiger partial charge in [0.2, 0.25) is 11.3 Å². The Morgan fingerprint density at radius 2 is 1.64 bits per heavy atom. The molecule has 0 radical (unpaired) electrons. The number of halogens is 1. The highest BCUT2D eigenvalue weighted by Gasteiger charge is 2.35. The van der Waals surface area contributed by atoms with Crippen LogP contribution in [-0.4, -0.2) is 57.6 Å². The van der Waals surface area contributed by atoms with Gasteiger partial charge < -0.3 is 9.80 Å². The van der Waals surface area contributed by atoms with Crippen molar-refractivity contribution in [2.75, 3.05) is 26.2 Å². The number of carbonyl (C=O) groups excluding carboxylic acids is 2. The Morgan fingerprint density at radius 1 is 1.04 bits per heavy atom. The minimum Gasteiger partial charge on any atom is -0.339 e. The summed E-state index contributed by atoms with van der Waals surface area (Å²) in [7, 11) is 0. The molecule has 1 aliphatic carbocycles. The maximum absolute atomic E-state index is 12.9. The van der Waals surface area contributed by atoms with Gasteiger partial charge >= 0.3 is 0 Å². The first-order valence-electron chi connectivity index (χ1n) is 9.39. The number of nitrogens with zero attached hydrogens (tertiary/aromatic N) is 4. The number of rotatable bonds is 3. The summed E-state index contributed by atoms with van der Waals surface area (Å²) in [6.45, 7) is 3.58. The molecule has 4 rings (SSSR count). The van der Waals surface area contributed by atoms with Gasteiger partial charge in [0.05, 0.1) is 5.69 Å². The molecular formula is C20H21ClN4O3. The average Bonchev–Trinajstić information content (AvgIpc) is 3.53. The van der Waals surface area contributed by atoms with Crippen molar-refractivity contribution in [2.24, 2.45) is 5.92 Å². The molecule has 1 saturated heterocycles. The monoisotopic (exact) mass is 400 g/mol. The van der Waals surface area contributed by atoms with Crippen LogP contribution < -0.4 is 5.43 Å². The SMILES string of the molecule is Cc1cc(=O)c(C(=O)N2CCN(C(=O)C3CC3)CC2)nn1-c1ccc(Cl)cc1. The van der Waals surface area contributed by atoms with Crippen LogP contribution >= 0.6 is 11.6 Å². The molecule has 146 valence electrons. The number of benzene rings is 1. The van der Waals surface area contributed by atoms with E-state index in [-0.39, 0.29) is 17.5 Å². The number of aromatic nitrogens is 2. The minimum absolute atomic E-state index is 0.109. The third-order valence-corrected chi connectivity index (χ3v) is 5.44. The summed E-state index contributed by atoms with van der Waals surface area (Å²) in [4.78, 5) is 40.9. The lowest BCUT2D eigenvalue weighted by molar-refractivity contribution is -0.134. The maximum atomic E-state index is 12.9. The molecule has 2 aromatic rings. The highest BCUT2D eigenvalue weighted by Crippen LogP contribution is 2.31. The molecule has 0 bridgehead atoms. The van der Waals surface area contributed by atoms with Gasteiger partial charge in [-0.1, -0.05) is 11.6 Å². The molecular weight excluding hydrogens is 380 g/mol. The number of hydrogen-bond donors (Lipinski definition) is 0. The number of aryl methyl sites for hydroxylation is 1. The van der Waals surface area contributed by atoms with Crippen LogP contribution in [-0.2, 0) is 4.79 Å². The van der Waals surface area contributed by atoms with Crippen LogP contribution in [0.25, 0.3) is 5.69 Å². The van der Waals surface area contributed by atoms with Gasteiger partial charge in [0.25, 0.3) is 5.91 Å². The van der Waals surface area contributed by atoms with Crippen molar-refractivity contribution >= 4 is 23.4 Å². The third-order valence-electron chi connectivity index (χ3n) is 5.19. The smallest absolute Gasteiger partial charge is 0.278 e. The summed E-state index contributed by atoms with van der Waals surface area (Å²) in [5.41, 5.74) is 0.839. The molecule has 1 aromatic carbocycles. The molecule has 0 unspecified atom stereocenters. The molecule has 1 aliphatic heterocycles. The predicted octanol–water partition coefficient (Wildman–Crippen LogP) is 1.89. The second-order valence-corrected chi connectivity index (χ2v) is 7.71. The van der Waals surface area contributed by atoms with Crippen LogP contribution in [0.3, 0.4) is 0 Å². The molecule has 0 atom stereocenters. The molecule has 2 aliphatic rings. The van der Waals surface area contributed by atoms with E-state index in [9.17, 15) is 14.4 Å². The van der Waals surface area contributed by atoms with Crippen LogP contribution in [0.4, 0.5) is 0 Å². The molecule has 7 nitrogen and oxygen atoms in total. The van der Waals surface area contributed by atoms with Crippen molar-refractivity contribution in [1.29, 1.82) is 0 Å². The van der Waals surface area contributed by atoms with Gasteiger partial charge in [-0.15, -0.1) is 0 Å². The van der Waals surface area contributed by atoms with E-state index in [1.54, 1.807) is 40.8 Å². The van der Waals surface area contributed by atoms with Gasteiger partial charge in [0.1, 0.15) is 0 Å². The highest BCUT2D eigenvalue weighted by molar-refractivity contribution is 6.30. The summed E-state index contributed by atoms with van der Waals surface area (Å²) in [5.74, 6) is -0.0375. The lowest BCUT2D eigenvalue weighted by Gasteiger charge is -2.34. The van der Waals surface area contributed by atoms with E-state index >= 15 is 0 Å². The quantitative estimate of drug-likeness (QED) is 0.788. The van der Waals surface area contributed by atoms with Gasteiger partial charge in [0, 0.05) is 48.9 Å². The van der Waals surface area contributed by atoms with E-state index in [1.165, 1.54) is 6.07 Å². The van der Waals surface area contributed by atoms with E-state index in [0.717, 1.165) is 18.5 Å². The van der Waals surface area contributed by atoms with Crippen molar-refractivity contribution < 1.29 is 9.59 Å². The van der Waals surface area contributed by atoms with Crippen molar-refractivity contribution in [3.63, 3.8) is 0 Å². The molecule has 0 spiro atoms. The predicted molar refractivity (Wildman–Crippen MR) is 105 cm³/mol. The van der Waals surface area contributed by atoms with Crippen LogP contribution in [0.5, 0.6) is 0 Å². The van der Waals surface area contributed by atoms with Gasteiger partial charge in [-0.3, -0.25) is 14.4 Å². The standard InChI is InChI=1S/C20H21ClN4O3/c1-13-12-17(26)18(22-25(13)16-6-4-15(21)5-7-16)20(28)24-10-8-23(9-11-24)19(27)14-2-3-14/h4-7,12,14H,2-3,8-11H2,1H3. The van der Waals surface area contributed by atoms with Gasteiger partial charge in [-0.2, -0.15) is 5.10 Å². The average molecular weight is 401 g/mol. The fourth-order valence-corrected chi connectivity index (χ4v) is 3.53. The van der Waals surface area contributed by atoms with Gasteiger partial charge in [-0.25, -0.2) is 4.68 Å². The van der Waals surface area contributed by atoms with E-state index < -0.39 is 11.3 Å². The normalized spacial score (nSPS) is 16.9. The van der Waals surface area contributed by atoms with Crippen molar-refractivity contribution in [1.82, 2.24) is 19.6 Å². The van der Waals surface area contributed by atoms with Crippen molar-refractivity contribution in [3.8, 4) is 5.69 Å². The van der Waals surface area contributed by atoms with E-state index in [2.05, 4.69) is 5.10 Å². The lowest BCUT2D eigenvalue weighted by Crippen LogP contribution is -2.51. The topological polar surface area (TPSA) is 75.5 Å². The number of amides is 2. The van der Waals surface area contributed by atoms with E-state index in [4.69, 9.17) is 11.6 Å². The molecule has 1 saturated carbocycles. The number of piperazine rings is 1. The summed E-state index contributed by atoms with van der Waals surface area (Å²) in [5, 5.41) is 4.92. The van der Waals surface area contributed by atoms with Crippen LogP contribution in [0.1, 0.15) is 29.0 Å². The molecule has 28 heavy (non-hydrogen) atoms. The largest absolute Gasteiger partial charge is 0.339 e. The zero-order chi connectivity index (χ0) is 19.8. The lowest BCUT2D eigenvalue weighted by atomic mass is 10.2. The second-order valence-electron chi connectivity index (χ2n) is 7.28. The Balaban J connectivity index is 1.54. The van der Waals surface area contributed by atoms with Crippen molar-refractivity contribution in [3.05, 3.63) is 57.0 Å². The number of carbonyl (C=O) groups is 2. The number of hydrogen-bond acceptors (Lipinski definition) is 4. The van der Waals surface area contributed by atoms with Crippen molar-refractivity contribution in [2.45, 2.75) is 19.8 Å². The Labute approximate surface area is 167 Å². The van der Waals surface area contributed by atoms with Crippen LogP contribution in [0, 0.1) is 12.8 Å². The molecule has 0 N–H and O–H groups in total. The zero-order valence-electron chi connectivity index (χ0n) is 15.6. The molecule has 8 heteroatoms. The fourth-order valence-electron chi connectivity index (χ4n) is 3.41. The Hall–Kier alpha value is -2.67. The first-order valence-corrected chi connectivity index (χ1v) is 9.77. The summed E-state index contributed by atoms with van der Waals surface area (Å²) in [6.07, 6.45) is 1.94. The first-order chi connectivity index (χ1) is 13.4. The van der Waals surface area contributed by atoms with Crippen LogP contribution in [0.15, 0.2) is 35.1 Å². The minimum atomic E-state index is -0.399. The Kier molecular flexibility index (Phi) is 4.93. The summed E-state index contributed by atoms with van der Waals surface area (Å²) >= 11 is 5.94. The Morgan fingerprint density at radius 3 is 2.25 bits per heavy atom. The van der Waals surface area contributed by atoms with Crippen LogP contribution in [0.2, 0.25) is 5.02 Å². The van der Waals surface area contributed by atoms with E-state index in [1.807, 2.05) is 4.90 Å². The van der Waals surface area contributed by atoms with E-state index in [0.29, 0.717) is 36.9 Å². The highest BCUT2D eigenvalue weighted by atomic mass is 35.5. The zero-order valence-corrected chi connectivity index (χ0v) is 16.4. The molecule has 2 heterocycles. The molecule has 1 aromatic heterocycles. The molecule has 2 fully saturated rings. The van der Waals surface area contributed by atoms with Gasteiger partial charge in [0.15, 0.2) is 5.69 Å². The molecule has 2 amide bonds. The summed E-state index contributed by atoms with van der Waals surface area (Å²) in [6, 6.07) is 8.44.